The molecule has 2 aromatic rings. The summed E-state index contributed by atoms with van der Waals surface area (Å²) in [5, 5.41) is 6.64. The lowest BCUT2D eigenvalue weighted by atomic mass is 10.0. The number of nitrogens with one attached hydrogen (secondary N) is 2. The van der Waals surface area contributed by atoms with Crippen LogP contribution in [0.4, 0.5) is 0 Å². The lowest BCUT2D eigenvalue weighted by Gasteiger charge is -2.13. The number of nitrogens with zero attached hydrogens (tertiary/aromatic N) is 1. The molecule has 0 aliphatic carbocycles. The first kappa shape index (κ1) is 19.1. The Kier molecular flexibility index (Phi) is 8.63. The standard InChI is InChI=1S/C20H29N3O2/c1-3-21-20(23-15-17(2)18-9-5-4-6-10-18)22-12-8-13-24-16-19-11-7-14-25-19/h4-7,9-11,14,17H,3,8,12-13,15-16H2,1-2H3,(H2,21,22,23). The molecular formula is C20H29N3O2. The van der Waals surface area contributed by atoms with Crippen molar-refractivity contribution in [1.29, 1.82) is 0 Å². The maximum Gasteiger partial charge on any atom is 0.191 e. The Labute approximate surface area is 150 Å². The molecule has 2 N–H and O–H groups in total. The zero-order valence-corrected chi connectivity index (χ0v) is 15.2. The number of rotatable bonds is 10. The molecule has 0 spiro atoms. The van der Waals surface area contributed by atoms with E-state index in [-0.39, 0.29) is 0 Å². The largest absolute Gasteiger partial charge is 0.467 e. The molecular weight excluding hydrogens is 314 g/mol. The van der Waals surface area contributed by atoms with Crippen molar-refractivity contribution in [3.8, 4) is 0 Å². The number of furan rings is 1. The van der Waals surface area contributed by atoms with Crippen LogP contribution >= 0.6 is 0 Å². The number of ether oxygens (including phenoxy) is 1. The lowest BCUT2D eigenvalue weighted by Crippen LogP contribution is -2.38. The molecule has 1 aromatic carbocycles. The van der Waals surface area contributed by atoms with Gasteiger partial charge in [-0.3, -0.25) is 4.99 Å². The van der Waals surface area contributed by atoms with Crippen LogP contribution in [0.15, 0.2) is 58.1 Å². The topological polar surface area (TPSA) is 58.8 Å². The van der Waals surface area contributed by atoms with Crippen LogP contribution in [0.5, 0.6) is 0 Å². The van der Waals surface area contributed by atoms with Gasteiger partial charge in [0.15, 0.2) is 5.96 Å². The first-order valence-electron chi connectivity index (χ1n) is 8.97. The number of guanidine groups is 1. The predicted octanol–water partition coefficient (Wildman–Crippen LogP) is 3.55. The van der Waals surface area contributed by atoms with E-state index in [1.807, 2.05) is 18.2 Å². The first-order valence-corrected chi connectivity index (χ1v) is 8.97. The fourth-order valence-electron chi connectivity index (χ4n) is 2.41. The van der Waals surface area contributed by atoms with Crippen LogP contribution in [-0.2, 0) is 11.3 Å². The summed E-state index contributed by atoms with van der Waals surface area (Å²) in [5.74, 6) is 2.11. The quantitative estimate of drug-likeness (QED) is 0.393. The summed E-state index contributed by atoms with van der Waals surface area (Å²) in [4.78, 5) is 4.69. The van der Waals surface area contributed by atoms with E-state index in [2.05, 4.69) is 53.7 Å². The summed E-state index contributed by atoms with van der Waals surface area (Å²) in [7, 11) is 0. The first-order chi connectivity index (χ1) is 12.3. The molecule has 0 bridgehead atoms. The molecule has 0 aliphatic rings. The van der Waals surface area contributed by atoms with Crippen LogP contribution in [0.25, 0.3) is 0 Å². The summed E-state index contributed by atoms with van der Waals surface area (Å²) in [6, 6.07) is 14.3. The fraction of sp³-hybridized carbons (Fsp3) is 0.450. The molecule has 136 valence electrons. The average molecular weight is 343 g/mol. The van der Waals surface area contributed by atoms with Gasteiger partial charge < -0.3 is 19.8 Å². The van der Waals surface area contributed by atoms with Gasteiger partial charge in [0, 0.05) is 32.2 Å². The molecule has 0 fully saturated rings. The van der Waals surface area contributed by atoms with Crippen molar-refractivity contribution in [2.75, 3.05) is 26.2 Å². The maximum absolute atomic E-state index is 5.58. The van der Waals surface area contributed by atoms with Gasteiger partial charge in [0.25, 0.3) is 0 Å². The molecule has 0 amide bonds. The van der Waals surface area contributed by atoms with Crippen LogP contribution in [0, 0.1) is 0 Å². The van der Waals surface area contributed by atoms with E-state index in [1.54, 1.807) is 6.26 Å². The number of benzene rings is 1. The smallest absolute Gasteiger partial charge is 0.191 e. The van der Waals surface area contributed by atoms with E-state index in [4.69, 9.17) is 9.15 Å². The highest BCUT2D eigenvalue weighted by Gasteiger charge is 2.05. The van der Waals surface area contributed by atoms with Crippen molar-refractivity contribution in [2.45, 2.75) is 32.8 Å². The molecule has 0 saturated heterocycles. The van der Waals surface area contributed by atoms with Gasteiger partial charge in [0.2, 0.25) is 0 Å². The van der Waals surface area contributed by atoms with Crippen LogP contribution < -0.4 is 10.6 Å². The summed E-state index contributed by atoms with van der Waals surface area (Å²) >= 11 is 0. The van der Waals surface area contributed by atoms with Crippen molar-refractivity contribution in [3.05, 3.63) is 60.1 Å². The molecule has 1 atom stereocenters. The summed E-state index contributed by atoms with van der Waals surface area (Å²) in [6.45, 7) is 7.91. The zero-order chi connectivity index (χ0) is 17.7. The summed E-state index contributed by atoms with van der Waals surface area (Å²) < 4.78 is 10.8. The minimum absolute atomic E-state index is 0.397. The van der Waals surface area contributed by atoms with Gasteiger partial charge in [0.05, 0.1) is 6.26 Å². The SMILES string of the molecule is CCNC(=NCC(C)c1ccccc1)NCCCOCc1ccco1. The van der Waals surface area contributed by atoms with Gasteiger partial charge in [-0.05, 0) is 31.0 Å². The number of hydrogen-bond donors (Lipinski definition) is 2. The third-order valence-corrected chi connectivity index (χ3v) is 3.82. The zero-order valence-electron chi connectivity index (χ0n) is 15.2. The number of aliphatic imine (C=N–C) groups is 1. The van der Waals surface area contributed by atoms with Crippen LogP contribution in [0.1, 0.15) is 37.5 Å². The second kappa shape index (κ2) is 11.3. The van der Waals surface area contributed by atoms with Gasteiger partial charge >= 0.3 is 0 Å². The number of hydrogen-bond acceptors (Lipinski definition) is 3. The van der Waals surface area contributed by atoms with E-state index < -0.39 is 0 Å². The molecule has 5 heteroatoms. The lowest BCUT2D eigenvalue weighted by molar-refractivity contribution is 0.105. The van der Waals surface area contributed by atoms with Gasteiger partial charge in [-0.25, -0.2) is 0 Å². The molecule has 0 radical (unpaired) electrons. The Bertz CT molecular complexity index is 597. The molecule has 1 heterocycles. The normalized spacial score (nSPS) is 12.8. The highest BCUT2D eigenvalue weighted by Crippen LogP contribution is 2.14. The second-order valence-corrected chi connectivity index (χ2v) is 5.94. The average Bonchev–Trinajstić information content (AvgIpc) is 3.16. The van der Waals surface area contributed by atoms with Crippen molar-refractivity contribution in [2.24, 2.45) is 4.99 Å². The second-order valence-electron chi connectivity index (χ2n) is 5.94. The van der Waals surface area contributed by atoms with Gasteiger partial charge in [-0.2, -0.15) is 0 Å². The molecule has 25 heavy (non-hydrogen) atoms. The molecule has 0 saturated carbocycles. The van der Waals surface area contributed by atoms with Crippen molar-refractivity contribution >= 4 is 5.96 Å². The van der Waals surface area contributed by atoms with E-state index in [0.29, 0.717) is 19.1 Å². The molecule has 0 aliphatic heterocycles. The molecule has 2 rings (SSSR count). The summed E-state index contributed by atoms with van der Waals surface area (Å²) in [5.41, 5.74) is 1.31. The van der Waals surface area contributed by atoms with Gasteiger partial charge in [0.1, 0.15) is 12.4 Å². The van der Waals surface area contributed by atoms with Crippen molar-refractivity contribution in [3.63, 3.8) is 0 Å². The monoisotopic (exact) mass is 343 g/mol. The Morgan fingerprint density at radius 1 is 1.16 bits per heavy atom. The highest BCUT2D eigenvalue weighted by molar-refractivity contribution is 5.79. The summed E-state index contributed by atoms with van der Waals surface area (Å²) in [6.07, 6.45) is 2.58. The van der Waals surface area contributed by atoms with Crippen molar-refractivity contribution in [1.82, 2.24) is 10.6 Å². The maximum atomic E-state index is 5.58. The van der Waals surface area contributed by atoms with Crippen LogP contribution in [0.3, 0.4) is 0 Å². The van der Waals surface area contributed by atoms with E-state index in [0.717, 1.165) is 37.8 Å². The fourth-order valence-corrected chi connectivity index (χ4v) is 2.41. The minimum atomic E-state index is 0.397. The minimum Gasteiger partial charge on any atom is -0.467 e. The third-order valence-electron chi connectivity index (χ3n) is 3.82. The molecule has 1 unspecified atom stereocenters. The van der Waals surface area contributed by atoms with Crippen molar-refractivity contribution < 1.29 is 9.15 Å². The Morgan fingerprint density at radius 3 is 2.72 bits per heavy atom. The van der Waals surface area contributed by atoms with E-state index in [1.165, 1.54) is 5.56 Å². The van der Waals surface area contributed by atoms with Gasteiger partial charge in [-0.15, -0.1) is 0 Å². The van der Waals surface area contributed by atoms with E-state index >= 15 is 0 Å². The Hall–Kier alpha value is -2.27. The molecule has 1 aromatic heterocycles. The third kappa shape index (κ3) is 7.44. The van der Waals surface area contributed by atoms with Crippen LogP contribution in [0.2, 0.25) is 0 Å². The Morgan fingerprint density at radius 2 is 2.00 bits per heavy atom. The highest BCUT2D eigenvalue weighted by atomic mass is 16.5. The van der Waals surface area contributed by atoms with Crippen LogP contribution in [-0.4, -0.2) is 32.2 Å². The predicted molar refractivity (Wildman–Crippen MR) is 102 cm³/mol. The molecule has 5 nitrogen and oxygen atoms in total. The van der Waals surface area contributed by atoms with Gasteiger partial charge in [-0.1, -0.05) is 37.3 Å². The Balaban J connectivity index is 1.66. The van der Waals surface area contributed by atoms with E-state index in [9.17, 15) is 0 Å².